The molecule has 1 saturated heterocycles. The van der Waals surface area contributed by atoms with Crippen LogP contribution in [0.3, 0.4) is 0 Å². The second-order valence-corrected chi connectivity index (χ2v) is 16.5. The molecule has 6 N–H and O–H groups in total. The van der Waals surface area contributed by atoms with Crippen LogP contribution in [-0.2, 0) is 14.3 Å². The number of ether oxygens (including phenoxy) is 2. The maximum Gasteiger partial charge on any atom is 0.220 e. The Morgan fingerprint density at radius 3 is 1.60 bits per heavy atom. The van der Waals surface area contributed by atoms with E-state index in [-0.39, 0.29) is 12.5 Å². The Labute approximate surface area is 366 Å². The molecule has 0 aromatic rings. The topological polar surface area (TPSA) is 149 Å². The minimum absolute atomic E-state index is 0.221. The lowest BCUT2D eigenvalue weighted by atomic mass is 9.99. The van der Waals surface area contributed by atoms with Gasteiger partial charge in [-0.3, -0.25) is 4.79 Å². The first kappa shape index (κ1) is 55.6. The number of carbonyl (C=O) groups excluding carboxylic acids is 1. The van der Waals surface area contributed by atoms with E-state index in [1.807, 2.05) is 6.08 Å². The van der Waals surface area contributed by atoms with Crippen molar-refractivity contribution in [1.82, 2.24) is 5.32 Å². The van der Waals surface area contributed by atoms with Crippen molar-refractivity contribution in [3.05, 3.63) is 72.9 Å². The summed E-state index contributed by atoms with van der Waals surface area (Å²) in [6.07, 6.45) is 48.2. The molecule has 60 heavy (non-hydrogen) atoms. The second-order valence-electron chi connectivity index (χ2n) is 16.5. The first-order valence-corrected chi connectivity index (χ1v) is 24.2. The monoisotopic (exact) mass is 844 g/mol. The standard InChI is InChI=1S/C51H89NO8/c1-3-5-7-9-11-13-15-17-18-19-20-21-22-23-24-25-26-27-29-30-32-34-36-38-40-45(54)44(43-59-51-50(58)49(57)48(56)46(42-53)60-51)52-47(55)41-39-37-35-33-31-28-16-14-12-10-8-6-4-2/h6,8,12,14,25-26,28,30-32,38,40,44-46,48-51,53-54,56-58H,3-5,7,9-11,13,15-24,27,29,33-37,39,41-43H2,1-2H3,(H,52,55)/b8-6-,14-12-,26-25+,31-28-,32-30+,40-38+. The second kappa shape index (κ2) is 40.7. The smallest absolute Gasteiger partial charge is 0.220 e. The Morgan fingerprint density at radius 2 is 1.05 bits per heavy atom. The average molecular weight is 844 g/mol. The molecule has 1 aliphatic heterocycles. The fourth-order valence-corrected chi connectivity index (χ4v) is 7.14. The summed E-state index contributed by atoms with van der Waals surface area (Å²) in [6.45, 7) is 3.61. The molecule has 1 fully saturated rings. The molecular formula is C51H89NO8. The summed E-state index contributed by atoms with van der Waals surface area (Å²) in [5.74, 6) is -0.223. The van der Waals surface area contributed by atoms with Crippen LogP contribution in [0, 0.1) is 0 Å². The van der Waals surface area contributed by atoms with Gasteiger partial charge in [0.05, 0.1) is 25.4 Å². The van der Waals surface area contributed by atoms with Gasteiger partial charge in [0, 0.05) is 6.42 Å². The molecule has 1 heterocycles. The number of amides is 1. The van der Waals surface area contributed by atoms with Gasteiger partial charge in [-0.1, -0.05) is 177 Å². The molecule has 9 heteroatoms. The molecule has 0 spiro atoms. The molecule has 0 saturated carbocycles. The zero-order valence-corrected chi connectivity index (χ0v) is 37.9. The molecule has 1 rings (SSSR count). The van der Waals surface area contributed by atoms with Crippen molar-refractivity contribution in [3.8, 4) is 0 Å². The number of hydrogen-bond acceptors (Lipinski definition) is 8. The summed E-state index contributed by atoms with van der Waals surface area (Å²) in [4.78, 5) is 12.9. The van der Waals surface area contributed by atoms with E-state index in [0.29, 0.717) is 12.8 Å². The third-order valence-corrected chi connectivity index (χ3v) is 11.0. The summed E-state index contributed by atoms with van der Waals surface area (Å²) in [5.41, 5.74) is 0. The Kier molecular flexibility index (Phi) is 37.7. The maximum absolute atomic E-state index is 12.9. The number of hydrogen-bond donors (Lipinski definition) is 6. The number of unbranched alkanes of at least 4 members (excludes halogenated alkanes) is 19. The lowest BCUT2D eigenvalue weighted by Gasteiger charge is -2.40. The van der Waals surface area contributed by atoms with Crippen molar-refractivity contribution in [3.63, 3.8) is 0 Å². The van der Waals surface area contributed by atoms with E-state index in [0.717, 1.165) is 70.6 Å². The summed E-state index contributed by atoms with van der Waals surface area (Å²) >= 11 is 0. The molecule has 0 bridgehead atoms. The highest BCUT2D eigenvalue weighted by Gasteiger charge is 2.44. The number of allylic oxidation sites excluding steroid dienone is 11. The molecule has 7 unspecified atom stereocenters. The molecular weight excluding hydrogens is 755 g/mol. The lowest BCUT2D eigenvalue weighted by Crippen LogP contribution is -2.60. The van der Waals surface area contributed by atoms with Crippen LogP contribution < -0.4 is 5.32 Å². The van der Waals surface area contributed by atoms with Gasteiger partial charge in [-0.05, 0) is 77.0 Å². The Balaban J connectivity index is 2.36. The number of carbonyl (C=O) groups is 1. The largest absolute Gasteiger partial charge is 0.394 e. The van der Waals surface area contributed by atoms with Crippen LogP contribution >= 0.6 is 0 Å². The van der Waals surface area contributed by atoms with Gasteiger partial charge in [-0.2, -0.15) is 0 Å². The number of aliphatic hydroxyl groups excluding tert-OH is 5. The molecule has 0 aromatic carbocycles. The molecule has 346 valence electrons. The zero-order valence-electron chi connectivity index (χ0n) is 37.9. The van der Waals surface area contributed by atoms with Crippen molar-refractivity contribution >= 4 is 5.91 Å². The minimum atomic E-state index is -1.58. The van der Waals surface area contributed by atoms with Crippen molar-refractivity contribution in [2.45, 2.75) is 230 Å². The summed E-state index contributed by atoms with van der Waals surface area (Å²) in [7, 11) is 0. The molecule has 0 aromatic heterocycles. The maximum atomic E-state index is 12.9. The van der Waals surface area contributed by atoms with Crippen LogP contribution in [0.4, 0.5) is 0 Å². The zero-order chi connectivity index (χ0) is 43.7. The predicted octanol–water partition coefficient (Wildman–Crippen LogP) is 10.6. The number of rotatable bonds is 39. The summed E-state index contributed by atoms with van der Waals surface area (Å²) in [5, 5.41) is 54.1. The van der Waals surface area contributed by atoms with E-state index in [2.05, 4.69) is 79.9 Å². The van der Waals surface area contributed by atoms with Crippen LogP contribution in [0.1, 0.15) is 187 Å². The summed E-state index contributed by atoms with van der Waals surface area (Å²) in [6, 6.07) is -0.846. The van der Waals surface area contributed by atoms with Crippen LogP contribution in [0.2, 0.25) is 0 Å². The Hall–Kier alpha value is -2.37. The molecule has 7 atom stereocenters. The van der Waals surface area contributed by atoms with E-state index in [1.165, 1.54) is 89.9 Å². The lowest BCUT2D eigenvalue weighted by molar-refractivity contribution is -0.302. The van der Waals surface area contributed by atoms with Gasteiger partial charge < -0.3 is 40.3 Å². The van der Waals surface area contributed by atoms with Crippen LogP contribution in [0.15, 0.2) is 72.9 Å². The van der Waals surface area contributed by atoms with Gasteiger partial charge in [-0.25, -0.2) is 0 Å². The van der Waals surface area contributed by atoms with Crippen molar-refractivity contribution in [2.24, 2.45) is 0 Å². The average Bonchev–Trinajstić information content (AvgIpc) is 3.25. The molecule has 1 aliphatic rings. The SMILES string of the molecule is CC/C=C\C/C=C\C/C=C\CCCCCC(=O)NC(COC1OC(CO)C(O)C(O)C1O)C(O)/C=C/CC/C=C/CC/C=C/CCCCCCCCCCCCCCCC. The van der Waals surface area contributed by atoms with Gasteiger partial charge in [0.25, 0.3) is 0 Å². The van der Waals surface area contributed by atoms with E-state index in [4.69, 9.17) is 9.47 Å². The highest BCUT2D eigenvalue weighted by molar-refractivity contribution is 5.76. The predicted molar refractivity (Wildman–Crippen MR) is 249 cm³/mol. The van der Waals surface area contributed by atoms with Gasteiger partial charge in [0.1, 0.15) is 24.4 Å². The molecule has 1 amide bonds. The first-order valence-electron chi connectivity index (χ1n) is 24.2. The highest BCUT2D eigenvalue weighted by atomic mass is 16.7. The Bertz CT molecular complexity index is 1160. The van der Waals surface area contributed by atoms with E-state index >= 15 is 0 Å². The number of nitrogens with one attached hydrogen (secondary N) is 1. The quantitative estimate of drug-likeness (QED) is 0.0265. The summed E-state index contributed by atoms with van der Waals surface area (Å²) < 4.78 is 11.2. The number of aliphatic hydroxyl groups is 5. The first-order chi connectivity index (χ1) is 29.3. The molecule has 9 nitrogen and oxygen atoms in total. The van der Waals surface area contributed by atoms with Crippen LogP contribution in [-0.4, -0.2) is 87.5 Å². The van der Waals surface area contributed by atoms with Gasteiger partial charge >= 0.3 is 0 Å². The van der Waals surface area contributed by atoms with Crippen molar-refractivity contribution in [2.75, 3.05) is 13.2 Å². The third kappa shape index (κ3) is 30.6. The van der Waals surface area contributed by atoms with Crippen LogP contribution in [0.25, 0.3) is 0 Å². The van der Waals surface area contributed by atoms with Crippen LogP contribution in [0.5, 0.6) is 0 Å². The van der Waals surface area contributed by atoms with Crippen molar-refractivity contribution in [1.29, 1.82) is 0 Å². The minimum Gasteiger partial charge on any atom is -0.394 e. The van der Waals surface area contributed by atoms with Gasteiger partial charge in [0.2, 0.25) is 5.91 Å². The van der Waals surface area contributed by atoms with Gasteiger partial charge in [0.15, 0.2) is 6.29 Å². The fraction of sp³-hybridized carbons (Fsp3) is 0.745. The fourth-order valence-electron chi connectivity index (χ4n) is 7.14. The van der Waals surface area contributed by atoms with Gasteiger partial charge in [-0.15, -0.1) is 0 Å². The molecule has 0 radical (unpaired) electrons. The Morgan fingerprint density at radius 1 is 0.583 bits per heavy atom. The highest BCUT2D eigenvalue weighted by Crippen LogP contribution is 2.22. The van der Waals surface area contributed by atoms with Crippen molar-refractivity contribution < 1.29 is 39.8 Å². The molecule has 0 aliphatic carbocycles. The third-order valence-electron chi connectivity index (χ3n) is 11.0. The van der Waals surface area contributed by atoms with E-state index < -0.39 is 49.5 Å². The van der Waals surface area contributed by atoms with E-state index in [9.17, 15) is 30.3 Å². The normalized spacial score (nSPS) is 21.2. The van der Waals surface area contributed by atoms with E-state index in [1.54, 1.807) is 6.08 Å².